The number of ether oxygens (including phenoxy) is 2. The fraction of sp³-hybridized carbons (Fsp3) is 0.906. The van der Waals surface area contributed by atoms with Crippen LogP contribution in [-0.4, -0.2) is 142 Å². The molecule has 0 aliphatic carbocycles. The van der Waals surface area contributed by atoms with Gasteiger partial charge in [-0.15, -0.1) is 0 Å². The van der Waals surface area contributed by atoms with Crippen LogP contribution in [0.1, 0.15) is 122 Å². The van der Waals surface area contributed by atoms with Crippen molar-refractivity contribution in [3.63, 3.8) is 0 Å². The first-order valence-electron chi connectivity index (χ1n) is 15.6. The number of aliphatic carboxylic acids is 1. The molecule has 2 rings (SSSR count). The van der Waals surface area contributed by atoms with Gasteiger partial charge in [0.1, 0.15) is 12.2 Å². The molecule has 2 heterocycles. The molecule has 4 N–H and O–H groups in total. The molecule has 264 valence electrons. The van der Waals surface area contributed by atoms with Crippen molar-refractivity contribution in [1.29, 1.82) is 0 Å². The molecule has 0 aromatic rings. The van der Waals surface area contributed by atoms with Crippen molar-refractivity contribution in [2.75, 3.05) is 13.2 Å². The third-order valence-corrected chi connectivity index (χ3v) is 8.07. The summed E-state index contributed by atoms with van der Waals surface area (Å²) in [7, 11) is 0. The van der Waals surface area contributed by atoms with Gasteiger partial charge >= 0.3 is 47.5 Å². The summed E-state index contributed by atoms with van der Waals surface area (Å²) in [6.07, 6.45) is -1.68. The first kappa shape index (κ1) is 43.2. The van der Waals surface area contributed by atoms with Gasteiger partial charge in [0.15, 0.2) is 5.60 Å². The molecule has 0 saturated carbocycles. The van der Waals surface area contributed by atoms with E-state index in [0.717, 1.165) is 0 Å². The third kappa shape index (κ3) is 12.2. The zero-order valence-electron chi connectivity index (χ0n) is 29.4. The van der Waals surface area contributed by atoms with Crippen LogP contribution in [0, 0.1) is 0 Å². The second-order valence-corrected chi connectivity index (χ2v) is 16.7. The van der Waals surface area contributed by atoms with Crippen LogP contribution in [0.15, 0.2) is 0 Å². The van der Waals surface area contributed by atoms with E-state index in [1.54, 1.807) is 37.8 Å². The van der Waals surface area contributed by atoms with Crippen molar-refractivity contribution in [3.8, 4) is 0 Å². The molecule has 14 heteroatoms. The summed E-state index contributed by atoms with van der Waals surface area (Å²) in [6.45, 7) is 22.0. The first-order valence-corrected chi connectivity index (χ1v) is 15.6. The van der Waals surface area contributed by atoms with Gasteiger partial charge in [0.25, 0.3) is 0 Å². The van der Waals surface area contributed by atoms with E-state index in [9.17, 15) is 34.8 Å². The maximum atomic E-state index is 13.0. The molecule has 0 aromatic heterocycles. The number of piperidine rings is 2. The van der Waals surface area contributed by atoms with Crippen LogP contribution in [0.25, 0.3) is 0 Å². The fourth-order valence-corrected chi connectivity index (χ4v) is 6.80. The monoisotopic (exact) mass is 670 g/mol. The zero-order chi connectivity index (χ0) is 35.0. The molecule has 0 radical (unpaired) electrons. The summed E-state index contributed by atoms with van der Waals surface area (Å²) in [5.41, 5.74) is -7.26. The van der Waals surface area contributed by atoms with Gasteiger partial charge < -0.3 is 29.9 Å². The summed E-state index contributed by atoms with van der Waals surface area (Å²) >= 11 is 0. The Bertz CT molecular complexity index is 969. The minimum absolute atomic E-state index is 0. The molecule has 2 saturated heterocycles. The summed E-state index contributed by atoms with van der Waals surface area (Å²) in [4.78, 5) is 50.0. The fourth-order valence-electron chi connectivity index (χ4n) is 6.80. The molecule has 0 aromatic carbocycles. The number of nitrogens with zero attached hydrogens (tertiary/aromatic N) is 2. The number of hydrogen-bond acceptors (Lipinski definition) is 12. The number of carbonyl (C=O) groups is 3. The average Bonchev–Trinajstić information content (AvgIpc) is 2.73. The summed E-state index contributed by atoms with van der Waals surface area (Å²) < 4.78 is 11.3. The Hall–Kier alpha value is -0.870. The van der Waals surface area contributed by atoms with Crippen LogP contribution in [0.4, 0.5) is 0 Å². The summed E-state index contributed by atoms with van der Waals surface area (Å²) in [5.74, 6) is -3.63. The zero-order valence-corrected chi connectivity index (χ0v) is 29.4. The molecule has 0 amide bonds. The number of carboxylic acids is 1. The standard InChI is InChI=1S/C32H58N2O11.Na.H/c1-26(2)13-21(14-27(3,4)33(26)42-19-30(9,10)39)44-23(35)17-32(41,25(37)38)18-24(36)45-22-15-28(5,6)34(29(7,8)16-22)43-20-31(11,12)40;;/h21-22,39-41H,13-20H2,1-12H3,(H,37,38);;. The molecule has 0 unspecified atom stereocenters. The van der Waals surface area contributed by atoms with E-state index in [2.05, 4.69) is 0 Å². The van der Waals surface area contributed by atoms with E-state index >= 15 is 0 Å². The van der Waals surface area contributed by atoms with Gasteiger partial charge in [-0.2, -0.15) is 10.1 Å². The summed E-state index contributed by atoms with van der Waals surface area (Å²) in [5, 5.41) is 44.6. The molecular weight excluding hydrogens is 611 g/mol. The molecule has 0 bridgehead atoms. The Labute approximate surface area is 296 Å². The Morgan fingerprint density at radius 1 is 0.630 bits per heavy atom. The van der Waals surface area contributed by atoms with Gasteiger partial charge in [0.05, 0.1) is 37.3 Å². The van der Waals surface area contributed by atoms with Gasteiger partial charge in [0.2, 0.25) is 0 Å². The molecule has 0 spiro atoms. The molecule has 0 atom stereocenters. The van der Waals surface area contributed by atoms with Crippen LogP contribution in [-0.2, 0) is 33.5 Å². The maximum absolute atomic E-state index is 13.0. The van der Waals surface area contributed by atoms with Crippen molar-refractivity contribution >= 4 is 47.5 Å². The van der Waals surface area contributed by atoms with Crippen LogP contribution in [0.5, 0.6) is 0 Å². The van der Waals surface area contributed by atoms with Crippen LogP contribution < -0.4 is 0 Å². The number of carbonyl (C=O) groups excluding carboxylic acids is 2. The Kier molecular flexibility index (Phi) is 14.0. The van der Waals surface area contributed by atoms with Crippen molar-refractivity contribution in [3.05, 3.63) is 0 Å². The second-order valence-electron chi connectivity index (χ2n) is 16.7. The van der Waals surface area contributed by atoms with E-state index in [0.29, 0.717) is 25.7 Å². The molecule has 2 fully saturated rings. The predicted molar refractivity (Wildman–Crippen MR) is 172 cm³/mol. The van der Waals surface area contributed by atoms with Crippen molar-refractivity contribution in [1.82, 2.24) is 10.1 Å². The molecule has 46 heavy (non-hydrogen) atoms. The molecule has 2 aliphatic rings. The number of hydrogen-bond donors (Lipinski definition) is 4. The van der Waals surface area contributed by atoms with Crippen molar-refractivity contribution in [2.24, 2.45) is 0 Å². The van der Waals surface area contributed by atoms with Gasteiger partial charge in [-0.05, 0) is 83.1 Å². The van der Waals surface area contributed by atoms with Crippen LogP contribution in [0.3, 0.4) is 0 Å². The Balaban J connectivity index is 0.0000106. The van der Waals surface area contributed by atoms with Gasteiger partial charge in [0, 0.05) is 47.8 Å². The second kappa shape index (κ2) is 14.9. The number of hydroxylamine groups is 4. The Morgan fingerprint density at radius 2 is 0.891 bits per heavy atom. The first-order chi connectivity index (χ1) is 20.0. The van der Waals surface area contributed by atoms with Gasteiger partial charge in [-0.3, -0.25) is 19.3 Å². The number of rotatable bonds is 13. The predicted octanol–water partition coefficient (Wildman–Crippen LogP) is 2.47. The van der Waals surface area contributed by atoms with E-state index in [4.69, 9.17) is 19.1 Å². The van der Waals surface area contributed by atoms with Crippen LogP contribution in [0.2, 0.25) is 0 Å². The Morgan fingerprint density at radius 3 is 1.11 bits per heavy atom. The third-order valence-electron chi connectivity index (χ3n) is 8.07. The van der Waals surface area contributed by atoms with Gasteiger partial charge in [-0.25, -0.2) is 4.79 Å². The van der Waals surface area contributed by atoms with Crippen molar-refractivity contribution in [2.45, 2.75) is 173 Å². The molecular formula is C32H59N2NaO11. The van der Waals surface area contributed by atoms with E-state index < -0.39 is 81.9 Å². The van der Waals surface area contributed by atoms with Gasteiger partial charge in [-0.1, -0.05) is 0 Å². The normalized spacial score (nSPS) is 22.5. The minimum atomic E-state index is -2.72. The number of aliphatic hydroxyl groups is 3. The van der Waals surface area contributed by atoms with E-state index in [-0.39, 0.29) is 42.8 Å². The van der Waals surface area contributed by atoms with E-state index in [1.807, 2.05) is 55.4 Å². The number of esters is 2. The molecule has 13 nitrogen and oxygen atoms in total. The average molecular weight is 671 g/mol. The van der Waals surface area contributed by atoms with Crippen molar-refractivity contribution < 1.29 is 54.0 Å². The van der Waals surface area contributed by atoms with Crippen LogP contribution >= 0.6 is 0 Å². The quantitative estimate of drug-likeness (QED) is 0.166. The SMILES string of the molecule is CC(C)(O)CON1C(C)(C)CC(OC(=O)CC(O)(CC(=O)OC2CC(C)(C)N(OCC(C)(C)O)C(C)(C)C2)C(=O)O)CC1(C)C.[NaH]. The number of carboxylic acid groups (broad SMARTS) is 1. The topological polar surface area (TPSA) is 176 Å². The summed E-state index contributed by atoms with van der Waals surface area (Å²) in [6, 6.07) is 0. The molecule has 2 aliphatic heterocycles. The van der Waals surface area contributed by atoms with E-state index in [1.165, 1.54) is 0 Å².